The van der Waals surface area contributed by atoms with E-state index in [2.05, 4.69) is 132 Å². The van der Waals surface area contributed by atoms with Gasteiger partial charge in [0.15, 0.2) is 0 Å². The molecule has 0 amide bonds. The third-order valence-electron chi connectivity index (χ3n) is 9.60. The van der Waals surface area contributed by atoms with E-state index in [1.807, 2.05) is 23.5 Å². The molecule has 4 heterocycles. The summed E-state index contributed by atoms with van der Waals surface area (Å²) < 4.78 is 17.7. The average molecular weight is 606 g/mol. The molecule has 46 heavy (non-hydrogen) atoms. The van der Waals surface area contributed by atoms with E-state index in [4.69, 9.17) is 8.83 Å². The lowest BCUT2D eigenvalue weighted by Crippen LogP contribution is -1.93. The van der Waals surface area contributed by atoms with Gasteiger partial charge in [0.2, 0.25) is 0 Å². The van der Waals surface area contributed by atoms with Crippen LogP contribution in [0, 0.1) is 0 Å². The Bertz CT molecular complexity index is 3040. The summed E-state index contributed by atoms with van der Waals surface area (Å²) in [6, 6.07) is 49.9. The zero-order valence-electron chi connectivity index (χ0n) is 24.5. The molecule has 0 aliphatic carbocycles. The van der Waals surface area contributed by atoms with Crippen LogP contribution in [0.2, 0.25) is 0 Å². The highest BCUT2D eigenvalue weighted by molar-refractivity contribution is 7.26. The summed E-state index contributed by atoms with van der Waals surface area (Å²) in [5.41, 5.74) is 9.37. The van der Waals surface area contributed by atoms with Crippen molar-refractivity contribution < 1.29 is 8.83 Å². The Morgan fingerprint density at radius 1 is 0.413 bits per heavy atom. The van der Waals surface area contributed by atoms with Crippen LogP contribution in [0.25, 0.3) is 103 Å². The lowest BCUT2D eigenvalue weighted by Gasteiger charge is -2.09. The molecule has 0 aliphatic heterocycles. The number of benzene rings is 7. The van der Waals surface area contributed by atoms with Gasteiger partial charge < -0.3 is 13.4 Å². The fourth-order valence-electron chi connectivity index (χ4n) is 7.49. The predicted molar refractivity (Wildman–Crippen MR) is 194 cm³/mol. The summed E-state index contributed by atoms with van der Waals surface area (Å²) >= 11 is 1.88. The van der Waals surface area contributed by atoms with Crippen LogP contribution in [0.15, 0.2) is 148 Å². The van der Waals surface area contributed by atoms with Gasteiger partial charge in [0.1, 0.15) is 22.3 Å². The third-order valence-corrected chi connectivity index (χ3v) is 10.8. The molecular formula is C42H23NO2S. The predicted octanol–water partition coefficient (Wildman–Crippen LogP) is 12.6. The second kappa shape index (κ2) is 8.87. The van der Waals surface area contributed by atoms with Crippen molar-refractivity contribution in [3.8, 4) is 16.8 Å². The summed E-state index contributed by atoms with van der Waals surface area (Å²) in [6.45, 7) is 0. The lowest BCUT2D eigenvalue weighted by atomic mass is 10.0. The second-order valence-corrected chi connectivity index (χ2v) is 13.1. The smallest absolute Gasteiger partial charge is 0.136 e. The van der Waals surface area contributed by atoms with E-state index in [-0.39, 0.29) is 0 Å². The minimum absolute atomic E-state index is 0.878. The minimum atomic E-state index is 0.878. The Balaban J connectivity index is 1.11. The Kier molecular flexibility index (Phi) is 4.72. The highest BCUT2D eigenvalue weighted by Gasteiger charge is 2.19. The maximum Gasteiger partial charge on any atom is 0.136 e. The van der Waals surface area contributed by atoms with Crippen LogP contribution in [0.5, 0.6) is 0 Å². The van der Waals surface area contributed by atoms with E-state index in [0.29, 0.717) is 0 Å². The molecule has 4 aromatic heterocycles. The molecule has 0 saturated carbocycles. The highest BCUT2D eigenvalue weighted by Crippen LogP contribution is 2.44. The van der Waals surface area contributed by atoms with Gasteiger partial charge in [-0.1, -0.05) is 78.9 Å². The summed E-state index contributed by atoms with van der Waals surface area (Å²) in [6.07, 6.45) is 0. The Hall–Kier alpha value is -5.84. The summed E-state index contributed by atoms with van der Waals surface area (Å²) in [7, 11) is 0. The van der Waals surface area contributed by atoms with Gasteiger partial charge in [0.05, 0.1) is 15.7 Å². The zero-order chi connectivity index (χ0) is 29.9. The van der Waals surface area contributed by atoms with Crippen LogP contribution in [-0.2, 0) is 0 Å². The molecule has 0 bridgehead atoms. The lowest BCUT2D eigenvalue weighted by molar-refractivity contribution is 0.668. The van der Waals surface area contributed by atoms with E-state index in [9.17, 15) is 0 Å². The van der Waals surface area contributed by atoms with Gasteiger partial charge in [-0.05, 0) is 71.8 Å². The molecule has 0 N–H and O–H groups in total. The Morgan fingerprint density at radius 2 is 1.02 bits per heavy atom. The maximum atomic E-state index is 6.48. The van der Waals surface area contributed by atoms with Gasteiger partial charge in [0.25, 0.3) is 0 Å². The largest absolute Gasteiger partial charge is 0.456 e. The number of furan rings is 2. The second-order valence-electron chi connectivity index (χ2n) is 12.1. The van der Waals surface area contributed by atoms with Crippen molar-refractivity contribution in [3.05, 3.63) is 140 Å². The molecule has 3 nitrogen and oxygen atoms in total. The fraction of sp³-hybridized carbons (Fsp3) is 0. The summed E-state index contributed by atoms with van der Waals surface area (Å²) in [4.78, 5) is 0. The number of para-hydroxylation sites is 2. The molecule has 0 saturated heterocycles. The molecule has 0 atom stereocenters. The van der Waals surface area contributed by atoms with Crippen LogP contribution < -0.4 is 0 Å². The van der Waals surface area contributed by atoms with Gasteiger partial charge in [-0.15, -0.1) is 11.3 Å². The molecule has 0 unspecified atom stereocenters. The molecule has 7 aromatic carbocycles. The first-order chi connectivity index (χ1) is 22.8. The minimum Gasteiger partial charge on any atom is -0.456 e. The molecule has 4 heteroatoms. The topological polar surface area (TPSA) is 31.2 Å². The number of hydrogen-bond acceptors (Lipinski definition) is 3. The first kappa shape index (κ1) is 24.5. The molecule has 0 aliphatic rings. The number of rotatable bonds is 2. The monoisotopic (exact) mass is 605 g/mol. The third kappa shape index (κ3) is 3.26. The molecule has 214 valence electrons. The molecule has 0 spiro atoms. The van der Waals surface area contributed by atoms with Gasteiger partial charge in [-0.3, -0.25) is 0 Å². The van der Waals surface area contributed by atoms with Crippen molar-refractivity contribution in [3.63, 3.8) is 0 Å². The SMILES string of the molecule is c1ccc2c(c1)oc1cc(-c3ccc4c(c3)oc3ccc(-n5c6ccccc6c6ccc7c8ccccc8sc7c65)cc34)ccc12. The van der Waals surface area contributed by atoms with E-state index in [1.54, 1.807) is 0 Å². The van der Waals surface area contributed by atoms with Crippen molar-refractivity contribution in [1.82, 2.24) is 4.57 Å². The number of hydrogen-bond donors (Lipinski definition) is 0. The van der Waals surface area contributed by atoms with Crippen LogP contribution in [-0.4, -0.2) is 4.57 Å². The van der Waals surface area contributed by atoms with Crippen LogP contribution in [0.4, 0.5) is 0 Å². The van der Waals surface area contributed by atoms with Crippen LogP contribution in [0.3, 0.4) is 0 Å². The van der Waals surface area contributed by atoms with Crippen molar-refractivity contribution in [1.29, 1.82) is 0 Å². The first-order valence-corrected chi connectivity index (χ1v) is 16.3. The van der Waals surface area contributed by atoms with Gasteiger partial charge in [-0.25, -0.2) is 0 Å². The standard InChI is InChI=1S/C42H23NO2S/c1-4-10-35-27(7-1)32-18-19-33-31-9-3-6-12-40(31)46-42(33)41(32)43(35)26-15-20-37-34(23-26)30-17-14-25(22-39(30)45-37)24-13-16-29-28-8-2-5-11-36(28)44-38(29)21-24/h1-23H. The van der Waals surface area contributed by atoms with Gasteiger partial charge in [0, 0.05) is 53.5 Å². The molecule has 0 fully saturated rings. The quantitative estimate of drug-likeness (QED) is 0.196. The number of nitrogens with zero attached hydrogens (tertiary/aromatic N) is 1. The normalized spacial score (nSPS) is 12.3. The fourth-order valence-corrected chi connectivity index (χ4v) is 8.73. The molecular weight excluding hydrogens is 583 g/mol. The van der Waals surface area contributed by atoms with Crippen LogP contribution >= 0.6 is 11.3 Å². The van der Waals surface area contributed by atoms with E-state index < -0.39 is 0 Å². The summed E-state index contributed by atoms with van der Waals surface area (Å²) in [5.74, 6) is 0. The Morgan fingerprint density at radius 3 is 1.85 bits per heavy atom. The van der Waals surface area contributed by atoms with E-state index in [1.165, 1.54) is 42.0 Å². The zero-order valence-corrected chi connectivity index (χ0v) is 25.3. The number of fused-ring (bicyclic) bond motifs is 13. The van der Waals surface area contributed by atoms with Gasteiger partial charge >= 0.3 is 0 Å². The molecule has 11 aromatic rings. The summed E-state index contributed by atoms with van der Waals surface area (Å²) in [5, 5.41) is 9.66. The molecule has 11 rings (SSSR count). The average Bonchev–Trinajstić information content (AvgIpc) is 3.85. The highest BCUT2D eigenvalue weighted by atomic mass is 32.1. The Labute approximate surface area is 266 Å². The van der Waals surface area contributed by atoms with Crippen molar-refractivity contribution in [2.75, 3.05) is 0 Å². The number of thiophene rings is 1. The van der Waals surface area contributed by atoms with Crippen molar-refractivity contribution in [2.45, 2.75) is 0 Å². The van der Waals surface area contributed by atoms with E-state index in [0.717, 1.165) is 60.7 Å². The maximum absolute atomic E-state index is 6.48. The van der Waals surface area contributed by atoms with Crippen LogP contribution in [0.1, 0.15) is 0 Å². The molecule has 0 radical (unpaired) electrons. The van der Waals surface area contributed by atoms with Crippen molar-refractivity contribution >= 4 is 97.2 Å². The van der Waals surface area contributed by atoms with Crippen molar-refractivity contribution in [2.24, 2.45) is 0 Å². The first-order valence-electron chi connectivity index (χ1n) is 15.5. The van der Waals surface area contributed by atoms with E-state index >= 15 is 0 Å². The number of aromatic nitrogens is 1. The van der Waals surface area contributed by atoms with Gasteiger partial charge in [-0.2, -0.15) is 0 Å².